The molecule has 7 nitrogen and oxygen atoms in total. The van der Waals surface area contributed by atoms with Gasteiger partial charge in [0.15, 0.2) is 5.78 Å². The van der Waals surface area contributed by atoms with E-state index in [0.29, 0.717) is 18.9 Å². The molecule has 2 N–H and O–H groups in total. The fourth-order valence-electron chi connectivity index (χ4n) is 4.72. The second-order valence-corrected chi connectivity index (χ2v) is 9.25. The SMILES string of the molecule is CC(C)C(=O)C(CCCCN)N1CCCN2CCN(CC=O)CCCN(CC2)CC1. The van der Waals surface area contributed by atoms with Crippen LogP contribution in [0.2, 0.25) is 0 Å². The Morgan fingerprint density at radius 2 is 1.50 bits per heavy atom. The number of nitrogens with two attached hydrogens (primary N) is 1. The molecule has 0 spiro atoms. The van der Waals surface area contributed by atoms with E-state index in [0.717, 1.165) is 104 Å². The first-order valence-corrected chi connectivity index (χ1v) is 12.1. The predicted molar refractivity (Wildman–Crippen MR) is 123 cm³/mol. The Morgan fingerprint density at radius 3 is 2.13 bits per heavy atom. The van der Waals surface area contributed by atoms with Crippen molar-refractivity contribution in [1.82, 2.24) is 19.6 Å². The molecule has 2 heterocycles. The molecule has 0 aromatic carbocycles. The Labute approximate surface area is 183 Å². The third-order valence-corrected chi connectivity index (χ3v) is 6.64. The molecule has 0 aromatic heterocycles. The van der Waals surface area contributed by atoms with Crippen LogP contribution in [0.3, 0.4) is 0 Å². The van der Waals surface area contributed by atoms with Crippen LogP contribution in [0.25, 0.3) is 0 Å². The molecule has 0 radical (unpaired) electrons. The molecule has 2 saturated heterocycles. The Kier molecular flexibility index (Phi) is 12.1. The molecule has 30 heavy (non-hydrogen) atoms. The van der Waals surface area contributed by atoms with Gasteiger partial charge in [-0.25, -0.2) is 0 Å². The molecule has 2 fully saturated rings. The summed E-state index contributed by atoms with van der Waals surface area (Å²) in [5, 5.41) is 0. The van der Waals surface area contributed by atoms with Crippen LogP contribution in [0.4, 0.5) is 0 Å². The van der Waals surface area contributed by atoms with E-state index in [2.05, 4.69) is 19.6 Å². The molecule has 174 valence electrons. The van der Waals surface area contributed by atoms with Crippen LogP contribution >= 0.6 is 0 Å². The summed E-state index contributed by atoms with van der Waals surface area (Å²) in [6.07, 6.45) is 6.17. The number of ketones is 1. The average molecular weight is 424 g/mol. The number of aldehydes is 1. The van der Waals surface area contributed by atoms with Crippen LogP contribution in [0.1, 0.15) is 46.0 Å². The van der Waals surface area contributed by atoms with E-state index >= 15 is 0 Å². The van der Waals surface area contributed by atoms with Gasteiger partial charge in [-0.1, -0.05) is 20.3 Å². The Hall–Kier alpha value is -0.860. The lowest BCUT2D eigenvalue weighted by atomic mass is 9.95. The summed E-state index contributed by atoms with van der Waals surface area (Å²) in [7, 11) is 0. The fraction of sp³-hybridized carbons (Fsp3) is 0.913. The zero-order valence-electron chi connectivity index (χ0n) is 19.4. The summed E-state index contributed by atoms with van der Waals surface area (Å²) >= 11 is 0. The molecule has 0 amide bonds. The summed E-state index contributed by atoms with van der Waals surface area (Å²) in [6.45, 7) is 15.6. The molecule has 3 atom stereocenters. The van der Waals surface area contributed by atoms with Gasteiger partial charge in [-0.15, -0.1) is 0 Å². The van der Waals surface area contributed by atoms with Gasteiger partial charge in [0, 0.05) is 51.7 Å². The highest BCUT2D eigenvalue weighted by Gasteiger charge is 2.28. The number of fused-ring (bicyclic) bond motifs is 3. The van der Waals surface area contributed by atoms with Crippen LogP contribution in [-0.4, -0.2) is 116 Å². The largest absolute Gasteiger partial charge is 0.330 e. The van der Waals surface area contributed by atoms with Crippen LogP contribution in [-0.2, 0) is 9.59 Å². The molecule has 0 aliphatic carbocycles. The van der Waals surface area contributed by atoms with Gasteiger partial charge in [-0.05, 0) is 51.9 Å². The van der Waals surface area contributed by atoms with Gasteiger partial charge in [-0.2, -0.15) is 0 Å². The minimum Gasteiger partial charge on any atom is -0.330 e. The molecule has 2 bridgehead atoms. The summed E-state index contributed by atoms with van der Waals surface area (Å²) in [5.41, 5.74) is 5.71. The molecule has 2 aliphatic rings. The Morgan fingerprint density at radius 1 is 0.867 bits per heavy atom. The van der Waals surface area contributed by atoms with Crippen molar-refractivity contribution in [2.75, 3.05) is 78.5 Å². The first-order chi connectivity index (χ1) is 14.5. The molecule has 7 heteroatoms. The number of Topliss-reactive ketones (excluding diaryl/α,β-unsaturated/α-hetero) is 1. The third-order valence-electron chi connectivity index (χ3n) is 6.64. The van der Waals surface area contributed by atoms with Crippen molar-refractivity contribution in [3.8, 4) is 0 Å². The Bertz CT molecular complexity index is 502. The van der Waals surface area contributed by atoms with E-state index < -0.39 is 0 Å². The van der Waals surface area contributed by atoms with Crippen molar-refractivity contribution in [3.05, 3.63) is 0 Å². The number of nitrogens with zero attached hydrogens (tertiary/aromatic N) is 4. The van der Waals surface area contributed by atoms with Crippen LogP contribution in [0.15, 0.2) is 0 Å². The second kappa shape index (κ2) is 14.2. The second-order valence-electron chi connectivity index (χ2n) is 9.25. The van der Waals surface area contributed by atoms with Gasteiger partial charge >= 0.3 is 0 Å². The predicted octanol–water partition coefficient (Wildman–Crippen LogP) is 0.923. The molecular formula is C23H45N5O2. The Balaban J connectivity index is 2.07. The zero-order chi connectivity index (χ0) is 21.8. The van der Waals surface area contributed by atoms with Gasteiger partial charge < -0.3 is 20.3 Å². The highest BCUT2D eigenvalue weighted by molar-refractivity contribution is 5.85. The number of hydrogen-bond donors (Lipinski definition) is 1. The van der Waals surface area contributed by atoms with Crippen LogP contribution < -0.4 is 5.73 Å². The lowest BCUT2D eigenvalue weighted by molar-refractivity contribution is -0.127. The highest BCUT2D eigenvalue weighted by atomic mass is 16.1. The normalized spacial score (nSPS) is 26.4. The minimum absolute atomic E-state index is 0.0299. The topological polar surface area (TPSA) is 73.1 Å². The molecule has 0 aromatic rings. The standard InChI is InChI=1S/C23H45N5O2/c1-21(2)23(30)22(7-3-4-8-24)28-12-6-11-25-13-14-26(17-18-28)9-5-10-27(16-15-25)19-20-29/h20-22H,3-19,24H2,1-2H3. The summed E-state index contributed by atoms with van der Waals surface area (Å²) < 4.78 is 0. The van der Waals surface area contributed by atoms with E-state index in [1.807, 2.05) is 13.8 Å². The number of hydrogen-bond acceptors (Lipinski definition) is 7. The van der Waals surface area contributed by atoms with Crippen LogP contribution in [0.5, 0.6) is 0 Å². The van der Waals surface area contributed by atoms with Crippen LogP contribution in [0, 0.1) is 5.92 Å². The van der Waals surface area contributed by atoms with Crippen molar-refractivity contribution in [2.24, 2.45) is 11.7 Å². The van der Waals surface area contributed by atoms with E-state index in [4.69, 9.17) is 5.73 Å². The van der Waals surface area contributed by atoms with Crippen molar-refractivity contribution in [1.29, 1.82) is 0 Å². The average Bonchev–Trinajstić information content (AvgIpc) is 2.74. The summed E-state index contributed by atoms with van der Waals surface area (Å²) in [4.78, 5) is 33.9. The quantitative estimate of drug-likeness (QED) is 0.437. The van der Waals surface area contributed by atoms with Gasteiger partial charge in [0.2, 0.25) is 0 Å². The first-order valence-electron chi connectivity index (χ1n) is 12.1. The van der Waals surface area contributed by atoms with Crippen molar-refractivity contribution in [2.45, 2.75) is 52.0 Å². The fourth-order valence-corrected chi connectivity index (χ4v) is 4.72. The monoisotopic (exact) mass is 423 g/mol. The van der Waals surface area contributed by atoms with Crippen molar-refractivity contribution >= 4 is 12.1 Å². The lowest BCUT2D eigenvalue weighted by Crippen LogP contribution is -2.50. The molecule has 3 unspecified atom stereocenters. The third kappa shape index (κ3) is 8.71. The van der Waals surface area contributed by atoms with Gasteiger partial charge in [0.25, 0.3) is 0 Å². The zero-order valence-corrected chi connectivity index (χ0v) is 19.4. The van der Waals surface area contributed by atoms with Crippen molar-refractivity contribution < 1.29 is 9.59 Å². The van der Waals surface area contributed by atoms with E-state index in [1.54, 1.807) is 0 Å². The number of unbranched alkanes of at least 4 members (excludes halogenated alkanes) is 1. The maximum Gasteiger partial charge on any atom is 0.152 e. The lowest BCUT2D eigenvalue weighted by Gasteiger charge is -2.38. The maximum atomic E-state index is 13.0. The molecule has 0 saturated carbocycles. The van der Waals surface area contributed by atoms with Crippen molar-refractivity contribution in [3.63, 3.8) is 0 Å². The van der Waals surface area contributed by atoms with E-state index in [-0.39, 0.29) is 12.0 Å². The van der Waals surface area contributed by atoms with E-state index in [1.165, 1.54) is 0 Å². The number of rotatable bonds is 9. The highest BCUT2D eigenvalue weighted by Crippen LogP contribution is 2.16. The first kappa shape index (κ1) is 25.4. The maximum absolute atomic E-state index is 13.0. The van der Waals surface area contributed by atoms with E-state index in [9.17, 15) is 9.59 Å². The summed E-state index contributed by atoms with van der Waals surface area (Å²) in [6, 6.07) is 0.0299. The minimum atomic E-state index is 0.0299. The number of carbonyl (C=O) groups excluding carboxylic acids is 2. The molecule has 2 aliphatic heterocycles. The van der Waals surface area contributed by atoms with Gasteiger partial charge in [0.05, 0.1) is 12.6 Å². The van der Waals surface area contributed by atoms with Gasteiger partial charge in [-0.3, -0.25) is 14.6 Å². The summed E-state index contributed by atoms with van der Waals surface area (Å²) in [5.74, 6) is 0.461. The molecule has 2 rings (SSSR count). The molecular weight excluding hydrogens is 378 g/mol. The van der Waals surface area contributed by atoms with Gasteiger partial charge in [0.1, 0.15) is 6.29 Å². The number of carbonyl (C=O) groups is 2. The smallest absolute Gasteiger partial charge is 0.152 e.